The second kappa shape index (κ2) is 5.14. The van der Waals surface area contributed by atoms with Gasteiger partial charge in [-0.05, 0) is 18.1 Å². The molecular weight excluding hydrogens is 238 g/mol. The summed E-state index contributed by atoms with van der Waals surface area (Å²) < 4.78 is 1.79. The summed E-state index contributed by atoms with van der Waals surface area (Å²) in [4.78, 5) is 3.95. The van der Waals surface area contributed by atoms with E-state index in [2.05, 4.69) is 22.2 Å². The molecule has 0 aromatic carbocycles. The SMILES string of the molecule is CCCc1c(N)nnn1Cc1ccncc1Cl. The van der Waals surface area contributed by atoms with Crippen molar-refractivity contribution in [2.45, 2.75) is 26.3 Å². The molecule has 17 heavy (non-hydrogen) atoms. The highest BCUT2D eigenvalue weighted by Crippen LogP contribution is 2.17. The fourth-order valence-electron chi connectivity index (χ4n) is 1.66. The molecule has 6 heteroatoms. The number of halogens is 1. The van der Waals surface area contributed by atoms with Crippen molar-refractivity contribution in [2.24, 2.45) is 0 Å². The van der Waals surface area contributed by atoms with Crippen molar-refractivity contribution in [3.8, 4) is 0 Å². The average Bonchev–Trinajstić information content (AvgIpc) is 2.65. The molecule has 0 aliphatic carbocycles. The topological polar surface area (TPSA) is 69.6 Å². The van der Waals surface area contributed by atoms with Crippen LogP contribution in [-0.2, 0) is 13.0 Å². The highest BCUT2D eigenvalue weighted by atomic mass is 35.5. The first-order chi connectivity index (χ1) is 8.22. The van der Waals surface area contributed by atoms with Crippen molar-refractivity contribution in [3.05, 3.63) is 34.7 Å². The standard InChI is InChI=1S/C11H14ClN5/c1-2-3-10-11(13)15-16-17(10)7-8-4-5-14-6-9(8)12/h4-6H,2-3,7,13H2,1H3. The summed E-state index contributed by atoms with van der Waals surface area (Å²) in [6.45, 7) is 2.66. The summed E-state index contributed by atoms with van der Waals surface area (Å²) >= 11 is 6.06. The first-order valence-electron chi connectivity index (χ1n) is 5.48. The van der Waals surface area contributed by atoms with Gasteiger partial charge in [-0.1, -0.05) is 30.2 Å². The third kappa shape index (κ3) is 2.55. The summed E-state index contributed by atoms with van der Waals surface area (Å²) in [6, 6.07) is 1.87. The Morgan fingerprint density at radius 3 is 3.00 bits per heavy atom. The number of pyridine rings is 1. The molecule has 2 N–H and O–H groups in total. The average molecular weight is 252 g/mol. The molecule has 0 amide bonds. The van der Waals surface area contributed by atoms with E-state index in [1.807, 2.05) is 6.07 Å². The number of aromatic nitrogens is 4. The fraction of sp³-hybridized carbons (Fsp3) is 0.364. The van der Waals surface area contributed by atoms with Gasteiger partial charge in [-0.15, -0.1) is 5.10 Å². The Balaban J connectivity index is 2.27. The Morgan fingerprint density at radius 1 is 1.47 bits per heavy atom. The van der Waals surface area contributed by atoms with E-state index in [0.29, 0.717) is 17.4 Å². The maximum Gasteiger partial charge on any atom is 0.169 e. The Labute approximate surface area is 105 Å². The monoisotopic (exact) mass is 251 g/mol. The van der Waals surface area contributed by atoms with Gasteiger partial charge in [0.1, 0.15) is 0 Å². The van der Waals surface area contributed by atoms with Crippen molar-refractivity contribution in [1.82, 2.24) is 20.0 Å². The van der Waals surface area contributed by atoms with Gasteiger partial charge >= 0.3 is 0 Å². The van der Waals surface area contributed by atoms with E-state index < -0.39 is 0 Å². The predicted octanol–water partition coefficient (Wildman–Crippen LogP) is 1.91. The molecule has 0 fully saturated rings. The molecule has 0 bridgehead atoms. The molecule has 90 valence electrons. The zero-order valence-electron chi connectivity index (χ0n) is 9.60. The van der Waals surface area contributed by atoms with Crippen molar-refractivity contribution in [2.75, 3.05) is 5.73 Å². The molecule has 2 rings (SSSR count). The van der Waals surface area contributed by atoms with Crippen LogP contribution in [0, 0.1) is 0 Å². The minimum Gasteiger partial charge on any atom is -0.381 e. The van der Waals surface area contributed by atoms with Gasteiger partial charge in [0.05, 0.1) is 17.3 Å². The fourth-order valence-corrected chi connectivity index (χ4v) is 1.84. The number of nitrogen functional groups attached to an aromatic ring is 1. The second-order valence-corrected chi connectivity index (χ2v) is 4.20. The number of anilines is 1. The second-order valence-electron chi connectivity index (χ2n) is 3.80. The lowest BCUT2D eigenvalue weighted by atomic mass is 10.2. The highest BCUT2D eigenvalue weighted by Gasteiger charge is 2.10. The summed E-state index contributed by atoms with van der Waals surface area (Å²) in [5, 5.41) is 8.56. The lowest BCUT2D eigenvalue weighted by molar-refractivity contribution is 0.613. The molecule has 0 aliphatic rings. The summed E-state index contributed by atoms with van der Waals surface area (Å²) in [7, 11) is 0. The molecule has 2 aromatic rings. The van der Waals surface area contributed by atoms with E-state index in [4.69, 9.17) is 17.3 Å². The maximum atomic E-state index is 6.06. The van der Waals surface area contributed by atoms with Gasteiger partial charge in [0.2, 0.25) is 0 Å². The zero-order valence-corrected chi connectivity index (χ0v) is 10.4. The zero-order chi connectivity index (χ0) is 12.3. The van der Waals surface area contributed by atoms with Crippen LogP contribution >= 0.6 is 11.6 Å². The molecule has 2 heterocycles. The third-order valence-corrected chi connectivity index (χ3v) is 2.87. The van der Waals surface area contributed by atoms with Crippen LogP contribution in [0.25, 0.3) is 0 Å². The van der Waals surface area contributed by atoms with E-state index in [1.165, 1.54) is 0 Å². The third-order valence-electron chi connectivity index (χ3n) is 2.53. The smallest absolute Gasteiger partial charge is 0.169 e. The van der Waals surface area contributed by atoms with Crippen molar-refractivity contribution in [3.63, 3.8) is 0 Å². The van der Waals surface area contributed by atoms with Crippen LogP contribution in [0.2, 0.25) is 5.02 Å². The first kappa shape index (κ1) is 11.9. The number of hydrogen-bond acceptors (Lipinski definition) is 4. The van der Waals surface area contributed by atoms with Crippen molar-refractivity contribution < 1.29 is 0 Å². The molecule has 0 saturated carbocycles. The largest absolute Gasteiger partial charge is 0.381 e. The van der Waals surface area contributed by atoms with Crippen LogP contribution in [0.5, 0.6) is 0 Å². The van der Waals surface area contributed by atoms with Gasteiger partial charge in [-0.2, -0.15) is 0 Å². The Hall–Kier alpha value is -1.62. The summed E-state index contributed by atoms with van der Waals surface area (Å²) in [6.07, 6.45) is 5.20. The number of rotatable bonds is 4. The predicted molar refractivity (Wildman–Crippen MR) is 66.8 cm³/mol. The van der Waals surface area contributed by atoms with Gasteiger partial charge in [0.25, 0.3) is 0 Å². The lowest BCUT2D eigenvalue weighted by Gasteiger charge is -2.07. The van der Waals surface area contributed by atoms with Crippen LogP contribution < -0.4 is 5.73 Å². The van der Waals surface area contributed by atoms with E-state index >= 15 is 0 Å². The van der Waals surface area contributed by atoms with E-state index in [9.17, 15) is 0 Å². The van der Waals surface area contributed by atoms with Gasteiger partial charge < -0.3 is 5.73 Å². The van der Waals surface area contributed by atoms with Crippen LogP contribution in [0.4, 0.5) is 5.82 Å². The quantitative estimate of drug-likeness (QED) is 0.901. The maximum absolute atomic E-state index is 6.06. The van der Waals surface area contributed by atoms with E-state index in [-0.39, 0.29) is 0 Å². The van der Waals surface area contributed by atoms with Crippen LogP contribution in [0.3, 0.4) is 0 Å². The number of nitrogens with two attached hydrogens (primary N) is 1. The molecule has 0 atom stereocenters. The molecule has 0 spiro atoms. The van der Waals surface area contributed by atoms with Gasteiger partial charge in [-0.25, -0.2) is 4.68 Å². The minimum atomic E-state index is 0.497. The highest BCUT2D eigenvalue weighted by molar-refractivity contribution is 6.31. The molecule has 0 aliphatic heterocycles. The molecular formula is C11H14ClN5. The number of nitrogens with zero attached hydrogens (tertiary/aromatic N) is 4. The van der Waals surface area contributed by atoms with E-state index in [0.717, 1.165) is 24.1 Å². The first-order valence-corrected chi connectivity index (χ1v) is 5.86. The Bertz CT molecular complexity index is 508. The number of hydrogen-bond donors (Lipinski definition) is 1. The summed E-state index contributed by atoms with van der Waals surface area (Å²) in [5.41, 5.74) is 7.70. The molecule has 0 radical (unpaired) electrons. The normalized spacial score (nSPS) is 10.7. The van der Waals surface area contributed by atoms with Gasteiger partial charge in [0.15, 0.2) is 5.82 Å². The van der Waals surface area contributed by atoms with Gasteiger partial charge in [0, 0.05) is 12.4 Å². The van der Waals surface area contributed by atoms with Crippen LogP contribution in [0.1, 0.15) is 24.6 Å². The van der Waals surface area contributed by atoms with Crippen molar-refractivity contribution >= 4 is 17.4 Å². The van der Waals surface area contributed by atoms with Gasteiger partial charge in [-0.3, -0.25) is 4.98 Å². The van der Waals surface area contributed by atoms with Crippen molar-refractivity contribution in [1.29, 1.82) is 0 Å². The Morgan fingerprint density at radius 2 is 2.29 bits per heavy atom. The Kier molecular flexibility index (Phi) is 3.58. The molecule has 5 nitrogen and oxygen atoms in total. The lowest BCUT2D eigenvalue weighted by Crippen LogP contribution is -2.08. The van der Waals surface area contributed by atoms with E-state index in [1.54, 1.807) is 17.1 Å². The molecule has 0 unspecified atom stereocenters. The summed E-state index contributed by atoms with van der Waals surface area (Å²) in [5.74, 6) is 0.497. The molecule has 0 saturated heterocycles. The van der Waals surface area contributed by atoms with Crippen LogP contribution in [-0.4, -0.2) is 20.0 Å². The van der Waals surface area contributed by atoms with Crippen LogP contribution in [0.15, 0.2) is 18.5 Å². The molecule has 2 aromatic heterocycles. The minimum absolute atomic E-state index is 0.497.